The molecular weight excluding hydrogens is 238 g/mol. The predicted octanol–water partition coefficient (Wildman–Crippen LogP) is -0.141. The first-order chi connectivity index (χ1) is 8.49. The van der Waals surface area contributed by atoms with Gasteiger partial charge in [0.15, 0.2) is 0 Å². The van der Waals surface area contributed by atoms with Gasteiger partial charge in [0.25, 0.3) is 0 Å². The van der Waals surface area contributed by atoms with Gasteiger partial charge in [0.05, 0.1) is 4.92 Å². The van der Waals surface area contributed by atoms with Crippen LogP contribution in [0.3, 0.4) is 0 Å². The highest BCUT2D eigenvalue weighted by atomic mass is 16.6. The molecule has 0 aromatic carbocycles. The second-order valence-corrected chi connectivity index (χ2v) is 4.16. The Morgan fingerprint density at radius 3 is 2.89 bits per heavy atom. The molecule has 1 aromatic heterocycles. The van der Waals surface area contributed by atoms with Gasteiger partial charge in [-0.2, -0.15) is 5.10 Å². The van der Waals surface area contributed by atoms with Crippen LogP contribution < -0.4 is 5.32 Å². The molecule has 0 spiro atoms. The minimum atomic E-state index is -0.543. The average Bonchev–Trinajstić information content (AvgIpc) is 2.72. The van der Waals surface area contributed by atoms with Crippen molar-refractivity contribution in [2.75, 3.05) is 27.2 Å². The summed E-state index contributed by atoms with van der Waals surface area (Å²) >= 11 is 0. The number of rotatable bonds is 7. The molecule has 1 heterocycles. The molecule has 0 aliphatic carbocycles. The SMILES string of the molecule is CN(C)CCCNC(=O)Cn1cc([N+](=O)[O-])cn1. The van der Waals surface area contributed by atoms with Crippen molar-refractivity contribution in [1.29, 1.82) is 0 Å². The molecule has 8 heteroatoms. The summed E-state index contributed by atoms with van der Waals surface area (Å²) in [7, 11) is 3.93. The first-order valence-corrected chi connectivity index (χ1v) is 5.57. The molecule has 0 aliphatic heterocycles. The van der Waals surface area contributed by atoms with Crippen LogP contribution in [0.5, 0.6) is 0 Å². The third kappa shape index (κ3) is 4.91. The quantitative estimate of drug-likeness (QED) is 0.416. The summed E-state index contributed by atoms with van der Waals surface area (Å²) in [5.41, 5.74) is -0.115. The molecule has 100 valence electrons. The van der Waals surface area contributed by atoms with Crippen LogP contribution >= 0.6 is 0 Å². The van der Waals surface area contributed by atoms with Gasteiger partial charge in [-0.3, -0.25) is 19.6 Å². The topological polar surface area (TPSA) is 93.3 Å². The molecule has 0 aliphatic rings. The Labute approximate surface area is 105 Å². The Balaban J connectivity index is 2.29. The molecule has 1 amide bonds. The van der Waals surface area contributed by atoms with Crippen molar-refractivity contribution in [3.05, 3.63) is 22.5 Å². The number of hydrogen-bond acceptors (Lipinski definition) is 5. The summed E-state index contributed by atoms with van der Waals surface area (Å²) in [6, 6.07) is 0. The van der Waals surface area contributed by atoms with Gasteiger partial charge in [-0.25, -0.2) is 0 Å². The van der Waals surface area contributed by atoms with E-state index in [0.717, 1.165) is 19.2 Å². The highest BCUT2D eigenvalue weighted by molar-refractivity contribution is 5.75. The maximum absolute atomic E-state index is 11.5. The Hall–Kier alpha value is -1.96. The molecular formula is C10H17N5O3. The summed E-state index contributed by atoms with van der Waals surface area (Å²) in [5, 5.41) is 16.9. The Morgan fingerprint density at radius 1 is 1.61 bits per heavy atom. The van der Waals surface area contributed by atoms with E-state index in [-0.39, 0.29) is 18.1 Å². The third-order valence-corrected chi connectivity index (χ3v) is 2.24. The van der Waals surface area contributed by atoms with Gasteiger partial charge >= 0.3 is 5.69 Å². The minimum Gasteiger partial charge on any atom is -0.354 e. The summed E-state index contributed by atoms with van der Waals surface area (Å²) in [5.74, 6) is -0.202. The van der Waals surface area contributed by atoms with Crippen molar-refractivity contribution in [1.82, 2.24) is 20.0 Å². The Bertz CT molecular complexity index is 415. The van der Waals surface area contributed by atoms with Gasteiger partial charge in [0, 0.05) is 6.54 Å². The highest BCUT2D eigenvalue weighted by Gasteiger charge is 2.10. The van der Waals surface area contributed by atoms with Crippen molar-refractivity contribution in [3.8, 4) is 0 Å². The average molecular weight is 255 g/mol. The molecule has 0 unspecified atom stereocenters. The van der Waals surface area contributed by atoms with Gasteiger partial charge < -0.3 is 10.2 Å². The predicted molar refractivity (Wildman–Crippen MR) is 65.1 cm³/mol. The first-order valence-electron chi connectivity index (χ1n) is 5.57. The van der Waals surface area contributed by atoms with Crippen LogP contribution in [0.2, 0.25) is 0 Å². The summed E-state index contributed by atoms with van der Waals surface area (Å²) in [4.78, 5) is 23.4. The van der Waals surface area contributed by atoms with E-state index in [2.05, 4.69) is 10.4 Å². The lowest BCUT2D eigenvalue weighted by atomic mass is 10.4. The molecule has 0 fully saturated rings. The van der Waals surface area contributed by atoms with Crippen LogP contribution in [0, 0.1) is 10.1 Å². The molecule has 0 radical (unpaired) electrons. The number of nitro groups is 1. The maximum atomic E-state index is 11.5. The van der Waals surface area contributed by atoms with E-state index in [9.17, 15) is 14.9 Å². The minimum absolute atomic E-state index is 0.00416. The smallest absolute Gasteiger partial charge is 0.307 e. The van der Waals surface area contributed by atoms with Gasteiger partial charge in [0.1, 0.15) is 18.9 Å². The molecule has 18 heavy (non-hydrogen) atoms. The van der Waals surface area contributed by atoms with E-state index in [0.29, 0.717) is 6.54 Å². The molecule has 0 saturated carbocycles. The van der Waals surface area contributed by atoms with Crippen molar-refractivity contribution >= 4 is 11.6 Å². The van der Waals surface area contributed by atoms with E-state index < -0.39 is 4.92 Å². The zero-order valence-corrected chi connectivity index (χ0v) is 10.5. The molecule has 0 atom stereocenters. The second-order valence-electron chi connectivity index (χ2n) is 4.16. The lowest BCUT2D eigenvalue weighted by Crippen LogP contribution is -2.30. The van der Waals surface area contributed by atoms with Crippen LogP contribution in [-0.2, 0) is 11.3 Å². The van der Waals surface area contributed by atoms with E-state index >= 15 is 0 Å². The fourth-order valence-electron chi connectivity index (χ4n) is 1.36. The summed E-state index contributed by atoms with van der Waals surface area (Å²) in [6.07, 6.45) is 3.22. The standard InChI is InChI=1S/C10H17N5O3/c1-13(2)5-3-4-11-10(16)8-14-7-9(6-12-14)15(17)18/h6-7H,3-5,8H2,1-2H3,(H,11,16). The van der Waals surface area contributed by atoms with E-state index in [1.807, 2.05) is 19.0 Å². The fourth-order valence-corrected chi connectivity index (χ4v) is 1.36. The van der Waals surface area contributed by atoms with Crippen LogP contribution in [0.1, 0.15) is 6.42 Å². The van der Waals surface area contributed by atoms with Gasteiger partial charge in [0.2, 0.25) is 5.91 Å². The van der Waals surface area contributed by atoms with E-state index in [1.165, 1.54) is 10.9 Å². The van der Waals surface area contributed by atoms with Gasteiger partial charge in [-0.1, -0.05) is 0 Å². The molecule has 0 saturated heterocycles. The number of amides is 1. The normalized spacial score (nSPS) is 10.6. The van der Waals surface area contributed by atoms with E-state index in [4.69, 9.17) is 0 Å². The molecule has 0 bridgehead atoms. The Morgan fingerprint density at radius 2 is 2.33 bits per heavy atom. The largest absolute Gasteiger partial charge is 0.354 e. The van der Waals surface area contributed by atoms with E-state index in [1.54, 1.807) is 0 Å². The van der Waals surface area contributed by atoms with Crippen LogP contribution in [0.15, 0.2) is 12.4 Å². The number of aromatic nitrogens is 2. The Kier molecular flexibility index (Phi) is 5.25. The number of carbonyl (C=O) groups excluding carboxylic acids is 1. The number of nitrogens with zero attached hydrogens (tertiary/aromatic N) is 4. The van der Waals surface area contributed by atoms with Crippen molar-refractivity contribution < 1.29 is 9.72 Å². The lowest BCUT2D eigenvalue weighted by Gasteiger charge is -2.09. The van der Waals surface area contributed by atoms with Crippen LogP contribution in [0.4, 0.5) is 5.69 Å². The third-order valence-electron chi connectivity index (χ3n) is 2.24. The molecule has 1 aromatic rings. The summed E-state index contributed by atoms with van der Waals surface area (Å²) < 4.78 is 1.25. The van der Waals surface area contributed by atoms with Gasteiger partial charge in [-0.15, -0.1) is 0 Å². The van der Waals surface area contributed by atoms with Crippen molar-refractivity contribution in [2.45, 2.75) is 13.0 Å². The van der Waals surface area contributed by atoms with Gasteiger partial charge in [-0.05, 0) is 27.1 Å². The maximum Gasteiger partial charge on any atom is 0.307 e. The summed E-state index contributed by atoms with van der Waals surface area (Å²) in [6.45, 7) is 1.48. The lowest BCUT2D eigenvalue weighted by molar-refractivity contribution is -0.385. The number of carbonyl (C=O) groups is 1. The fraction of sp³-hybridized carbons (Fsp3) is 0.600. The molecule has 1 N–H and O–H groups in total. The van der Waals surface area contributed by atoms with Crippen LogP contribution in [-0.4, -0.2) is 52.7 Å². The zero-order valence-electron chi connectivity index (χ0n) is 10.5. The molecule has 1 rings (SSSR count). The molecule has 8 nitrogen and oxygen atoms in total. The second kappa shape index (κ2) is 6.70. The number of nitrogens with one attached hydrogen (secondary N) is 1. The van der Waals surface area contributed by atoms with Crippen molar-refractivity contribution in [2.24, 2.45) is 0 Å². The number of hydrogen-bond donors (Lipinski definition) is 1. The highest BCUT2D eigenvalue weighted by Crippen LogP contribution is 2.07. The van der Waals surface area contributed by atoms with Crippen molar-refractivity contribution in [3.63, 3.8) is 0 Å². The first kappa shape index (κ1) is 14.1. The monoisotopic (exact) mass is 255 g/mol. The van der Waals surface area contributed by atoms with Crippen LogP contribution in [0.25, 0.3) is 0 Å². The zero-order chi connectivity index (χ0) is 13.5.